The first-order chi connectivity index (χ1) is 11.8. The van der Waals surface area contributed by atoms with E-state index in [-0.39, 0.29) is 12.0 Å². The van der Waals surface area contributed by atoms with E-state index in [1.807, 2.05) is 45.0 Å². The van der Waals surface area contributed by atoms with E-state index in [1.165, 1.54) is 0 Å². The summed E-state index contributed by atoms with van der Waals surface area (Å²) in [5, 5.41) is 5.34. The van der Waals surface area contributed by atoms with Gasteiger partial charge in [0.15, 0.2) is 0 Å². The molecule has 0 saturated heterocycles. The van der Waals surface area contributed by atoms with Crippen LogP contribution in [-0.4, -0.2) is 37.8 Å². The zero-order chi connectivity index (χ0) is 18.7. The highest BCUT2D eigenvalue weighted by Gasteiger charge is 2.15. The van der Waals surface area contributed by atoms with Crippen molar-refractivity contribution in [2.45, 2.75) is 52.1 Å². The standard InChI is InChI=1S/C19H30N2O4/c1-19(2,3)25-18(23)21-12-6-9-15-8-5-10-16(14-15)24-13-7-11-17(22)20-4/h5,8,10,14H,6-7,9,11-13H2,1-4H3,(H,20,22)(H,21,23). The highest BCUT2D eigenvalue weighted by molar-refractivity contribution is 5.75. The smallest absolute Gasteiger partial charge is 0.407 e. The van der Waals surface area contributed by atoms with Crippen molar-refractivity contribution >= 4 is 12.0 Å². The van der Waals surface area contributed by atoms with Gasteiger partial charge in [-0.05, 0) is 57.7 Å². The molecule has 1 aromatic rings. The Morgan fingerprint density at radius 3 is 2.60 bits per heavy atom. The average molecular weight is 350 g/mol. The Balaban J connectivity index is 2.26. The van der Waals surface area contributed by atoms with Gasteiger partial charge >= 0.3 is 6.09 Å². The first-order valence-electron chi connectivity index (χ1n) is 8.69. The van der Waals surface area contributed by atoms with Gasteiger partial charge < -0.3 is 20.1 Å². The van der Waals surface area contributed by atoms with Gasteiger partial charge in [0.05, 0.1) is 6.61 Å². The highest BCUT2D eigenvalue weighted by Crippen LogP contribution is 2.15. The van der Waals surface area contributed by atoms with Gasteiger partial charge in [0, 0.05) is 20.0 Å². The maximum Gasteiger partial charge on any atom is 0.407 e. The van der Waals surface area contributed by atoms with Crippen LogP contribution >= 0.6 is 0 Å². The first-order valence-corrected chi connectivity index (χ1v) is 8.69. The normalized spacial score (nSPS) is 10.9. The molecule has 0 atom stereocenters. The third-order valence-electron chi connectivity index (χ3n) is 3.30. The second kappa shape index (κ2) is 10.6. The molecule has 0 aliphatic rings. The molecular formula is C19H30N2O4. The molecule has 0 heterocycles. The quantitative estimate of drug-likeness (QED) is 0.671. The number of benzene rings is 1. The van der Waals surface area contributed by atoms with E-state index in [4.69, 9.17) is 9.47 Å². The van der Waals surface area contributed by atoms with Gasteiger partial charge in [0.25, 0.3) is 0 Å². The number of alkyl carbamates (subject to hydrolysis) is 1. The lowest BCUT2D eigenvalue weighted by molar-refractivity contribution is -0.120. The first kappa shape index (κ1) is 20.8. The molecule has 140 valence electrons. The monoisotopic (exact) mass is 350 g/mol. The van der Waals surface area contributed by atoms with Gasteiger partial charge in [0.2, 0.25) is 5.91 Å². The zero-order valence-corrected chi connectivity index (χ0v) is 15.7. The van der Waals surface area contributed by atoms with Crippen molar-refractivity contribution in [3.8, 4) is 5.75 Å². The molecule has 1 rings (SSSR count). The van der Waals surface area contributed by atoms with Gasteiger partial charge in [0.1, 0.15) is 11.4 Å². The summed E-state index contributed by atoms with van der Waals surface area (Å²) in [4.78, 5) is 22.7. The van der Waals surface area contributed by atoms with E-state index >= 15 is 0 Å². The molecule has 0 aliphatic heterocycles. The predicted octanol–water partition coefficient (Wildman–Crippen LogP) is 3.05. The number of amides is 2. The third-order valence-corrected chi connectivity index (χ3v) is 3.30. The van der Waals surface area contributed by atoms with Crippen molar-refractivity contribution < 1.29 is 19.1 Å². The Kier molecular flexibility index (Phi) is 8.81. The lowest BCUT2D eigenvalue weighted by atomic mass is 10.1. The molecule has 2 N–H and O–H groups in total. The molecule has 6 heteroatoms. The molecule has 0 saturated carbocycles. The van der Waals surface area contributed by atoms with Crippen LogP contribution in [0, 0.1) is 0 Å². The Morgan fingerprint density at radius 1 is 1.16 bits per heavy atom. The summed E-state index contributed by atoms with van der Waals surface area (Å²) in [6.07, 6.45) is 2.42. The fourth-order valence-corrected chi connectivity index (χ4v) is 2.14. The van der Waals surface area contributed by atoms with E-state index < -0.39 is 5.60 Å². The SMILES string of the molecule is CNC(=O)CCCOc1cccc(CCCNC(=O)OC(C)(C)C)c1. The van der Waals surface area contributed by atoms with Crippen LogP contribution in [0.15, 0.2) is 24.3 Å². The molecule has 2 amide bonds. The van der Waals surface area contributed by atoms with E-state index in [0.717, 1.165) is 24.2 Å². The van der Waals surface area contributed by atoms with Crippen molar-refractivity contribution in [1.29, 1.82) is 0 Å². The Hall–Kier alpha value is -2.24. The van der Waals surface area contributed by atoms with Crippen molar-refractivity contribution in [2.24, 2.45) is 0 Å². The number of hydrogen-bond donors (Lipinski definition) is 2. The Bertz CT molecular complexity index is 553. The Labute approximate surface area is 150 Å². The van der Waals surface area contributed by atoms with E-state index in [1.54, 1.807) is 7.05 Å². The molecule has 6 nitrogen and oxygen atoms in total. The second-order valence-corrected chi connectivity index (χ2v) is 6.80. The highest BCUT2D eigenvalue weighted by atomic mass is 16.6. The molecule has 0 fully saturated rings. The number of ether oxygens (including phenoxy) is 2. The second-order valence-electron chi connectivity index (χ2n) is 6.80. The number of hydrogen-bond acceptors (Lipinski definition) is 4. The molecule has 0 aromatic heterocycles. The largest absolute Gasteiger partial charge is 0.494 e. The minimum Gasteiger partial charge on any atom is -0.494 e. The van der Waals surface area contributed by atoms with Crippen LogP contribution in [-0.2, 0) is 16.0 Å². The van der Waals surface area contributed by atoms with Crippen molar-refractivity contribution in [3.63, 3.8) is 0 Å². The third kappa shape index (κ3) is 10.3. The molecule has 25 heavy (non-hydrogen) atoms. The van der Waals surface area contributed by atoms with Crippen molar-refractivity contribution in [3.05, 3.63) is 29.8 Å². The van der Waals surface area contributed by atoms with E-state index in [9.17, 15) is 9.59 Å². The minimum absolute atomic E-state index is 0.0230. The molecule has 0 aliphatic carbocycles. The van der Waals surface area contributed by atoms with Gasteiger partial charge in [-0.1, -0.05) is 12.1 Å². The lowest BCUT2D eigenvalue weighted by Crippen LogP contribution is -2.33. The lowest BCUT2D eigenvalue weighted by Gasteiger charge is -2.19. The summed E-state index contributed by atoms with van der Waals surface area (Å²) >= 11 is 0. The number of carbonyl (C=O) groups excluding carboxylic acids is 2. The fourth-order valence-electron chi connectivity index (χ4n) is 2.14. The van der Waals surface area contributed by atoms with Crippen molar-refractivity contribution in [1.82, 2.24) is 10.6 Å². The van der Waals surface area contributed by atoms with Crippen LogP contribution in [0.25, 0.3) is 0 Å². The summed E-state index contributed by atoms with van der Waals surface area (Å²) < 4.78 is 10.9. The van der Waals surface area contributed by atoms with Gasteiger partial charge in [-0.15, -0.1) is 0 Å². The number of nitrogens with one attached hydrogen (secondary N) is 2. The van der Waals surface area contributed by atoms with Crippen molar-refractivity contribution in [2.75, 3.05) is 20.2 Å². The van der Waals surface area contributed by atoms with Crippen LogP contribution < -0.4 is 15.4 Å². The summed E-state index contributed by atoms with van der Waals surface area (Å²) in [6.45, 7) is 6.59. The topological polar surface area (TPSA) is 76.7 Å². The van der Waals surface area contributed by atoms with Gasteiger partial charge in [-0.25, -0.2) is 4.79 Å². The summed E-state index contributed by atoms with van der Waals surface area (Å²) in [6, 6.07) is 7.88. The molecule has 0 spiro atoms. The van der Waals surface area contributed by atoms with Gasteiger partial charge in [-0.3, -0.25) is 4.79 Å². The predicted molar refractivity (Wildman–Crippen MR) is 97.8 cm³/mol. The molecule has 0 unspecified atom stereocenters. The molecule has 1 aromatic carbocycles. The van der Waals surface area contributed by atoms with Gasteiger partial charge in [-0.2, -0.15) is 0 Å². The molecule has 0 bridgehead atoms. The van der Waals surface area contributed by atoms with Crippen LogP contribution in [0.2, 0.25) is 0 Å². The number of rotatable bonds is 9. The number of aryl methyl sites for hydroxylation is 1. The van der Waals surface area contributed by atoms with Crippen LogP contribution in [0.4, 0.5) is 4.79 Å². The Morgan fingerprint density at radius 2 is 1.92 bits per heavy atom. The molecule has 0 radical (unpaired) electrons. The van der Waals surface area contributed by atoms with Crippen LogP contribution in [0.1, 0.15) is 45.6 Å². The minimum atomic E-state index is -0.479. The van der Waals surface area contributed by atoms with Crippen LogP contribution in [0.5, 0.6) is 5.75 Å². The zero-order valence-electron chi connectivity index (χ0n) is 15.7. The summed E-state index contributed by atoms with van der Waals surface area (Å²) in [5.41, 5.74) is 0.669. The van der Waals surface area contributed by atoms with E-state index in [0.29, 0.717) is 26.0 Å². The maximum atomic E-state index is 11.6. The van der Waals surface area contributed by atoms with Crippen LogP contribution in [0.3, 0.4) is 0 Å². The summed E-state index contributed by atoms with van der Waals surface area (Å²) in [5.74, 6) is 0.823. The average Bonchev–Trinajstić information content (AvgIpc) is 2.54. The maximum absolute atomic E-state index is 11.6. The number of carbonyl (C=O) groups is 2. The van der Waals surface area contributed by atoms with E-state index in [2.05, 4.69) is 10.6 Å². The molecular weight excluding hydrogens is 320 g/mol. The summed E-state index contributed by atoms with van der Waals surface area (Å²) in [7, 11) is 1.63. The fraction of sp³-hybridized carbons (Fsp3) is 0.579.